The third-order valence-corrected chi connectivity index (χ3v) is 2.21. The molecule has 1 aromatic carbocycles. The molecule has 0 heterocycles. The van der Waals surface area contributed by atoms with Crippen LogP contribution in [0.25, 0.3) is 0 Å². The molecule has 6 heteroatoms. The number of benzene rings is 1. The average Bonchev–Trinajstić information content (AvgIpc) is 2.26. The van der Waals surface area contributed by atoms with Crippen molar-refractivity contribution in [3.63, 3.8) is 0 Å². The zero-order valence-corrected chi connectivity index (χ0v) is 9.53. The molecule has 0 bridgehead atoms. The molecule has 0 aliphatic carbocycles. The first-order valence-corrected chi connectivity index (χ1v) is 4.99. The fraction of sp³-hybridized carbons (Fsp3) is 0.200. The molecule has 0 aliphatic heterocycles. The molecule has 1 aromatic rings. The number of hydrogen-bond acceptors (Lipinski definition) is 3. The quantitative estimate of drug-likeness (QED) is 0.676. The van der Waals surface area contributed by atoms with Crippen LogP contribution in [-0.2, 0) is 4.79 Å². The third-order valence-electron chi connectivity index (χ3n) is 1.97. The average molecular weight is 241 g/mol. The standard InChI is InChI=1S/C10H12FN3OS/c1-13-9(15)5-14-8-3-2-6(10(12)16)4-7(8)11/h2-4,14H,5H2,1H3,(H2,12,16)(H,13,15). The lowest BCUT2D eigenvalue weighted by molar-refractivity contribution is -0.118. The Kier molecular flexibility index (Phi) is 4.19. The van der Waals surface area contributed by atoms with Crippen molar-refractivity contribution in [3.8, 4) is 0 Å². The van der Waals surface area contributed by atoms with E-state index in [1.807, 2.05) is 0 Å². The van der Waals surface area contributed by atoms with Crippen molar-refractivity contribution >= 4 is 28.8 Å². The summed E-state index contributed by atoms with van der Waals surface area (Å²) in [4.78, 5) is 11.1. The lowest BCUT2D eigenvalue weighted by Crippen LogP contribution is -2.26. The minimum atomic E-state index is -0.491. The molecule has 0 fully saturated rings. The van der Waals surface area contributed by atoms with Gasteiger partial charge in [0, 0.05) is 12.6 Å². The highest BCUT2D eigenvalue weighted by atomic mass is 32.1. The maximum atomic E-state index is 13.5. The molecule has 16 heavy (non-hydrogen) atoms. The van der Waals surface area contributed by atoms with Gasteiger partial charge in [0.1, 0.15) is 10.8 Å². The number of carbonyl (C=O) groups excluding carboxylic acids is 1. The van der Waals surface area contributed by atoms with Crippen LogP contribution in [0, 0.1) is 5.82 Å². The third kappa shape index (κ3) is 3.16. The van der Waals surface area contributed by atoms with E-state index in [9.17, 15) is 9.18 Å². The largest absolute Gasteiger partial charge is 0.389 e. The Bertz CT molecular complexity index is 423. The highest BCUT2D eigenvalue weighted by molar-refractivity contribution is 7.80. The molecule has 0 unspecified atom stereocenters. The first kappa shape index (κ1) is 12.4. The number of thiocarbonyl (C=S) groups is 1. The predicted molar refractivity (Wildman–Crippen MR) is 64.8 cm³/mol. The molecule has 0 atom stereocenters. The highest BCUT2D eigenvalue weighted by Crippen LogP contribution is 2.15. The van der Waals surface area contributed by atoms with Gasteiger partial charge in [-0.05, 0) is 18.2 Å². The normalized spacial score (nSPS) is 9.62. The number of carbonyl (C=O) groups is 1. The topological polar surface area (TPSA) is 67.2 Å². The molecule has 0 spiro atoms. The van der Waals surface area contributed by atoms with Crippen molar-refractivity contribution in [1.29, 1.82) is 0 Å². The highest BCUT2D eigenvalue weighted by Gasteiger charge is 2.06. The number of hydrogen-bond donors (Lipinski definition) is 3. The molecular formula is C10H12FN3OS. The summed E-state index contributed by atoms with van der Waals surface area (Å²) in [7, 11) is 1.51. The second kappa shape index (κ2) is 5.41. The molecule has 0 aromatic heterocycles. The van der Waals surface area contributed by atoms with E-state index in [0.717, 1.165) is 0 Å². The fourth-order valence-electron chi connectivity index (χ4n) is 1.08. The van der Waals surface area contributed by atoms with Crippen LogP contribution >= 0.6 is 12.2 Å². The van der Waals surface area contributed by atoms with Gasteiger partial charge < -0.3 is 16.4 Å². The summed E-state index contributed by atoms with van der Waals surface area (Å²) >= 11 is 4.72. The maximum absolute atomic E-state index is 13.5. The van der Waals surface area contributed by atoms with Gasteiger partial charge in [0.2, 0.25) is 5.91 Å². The summed E-state index contributed by atoms with van der Waals surface area (Å²) in [6, 6.07) is 4.32. The number of nitrogens with one attached hydrogen (secondary N) is 2. The van der Waals surface area contributed by atoms with Gasteiger partial charge in [-0.1, -0.05) is 12.2 Å². The Hall–Kier alpha value is -1.69. The van der Waals surface area contributed by atoms with Gasteiger partial charge >= 0.3 is 0 Å². The van der Waals surface area contributed by atoms with E-state index in [-0.39, 0.29) is 23.1 Å². The second-order valence-corrected chi connectivity index (χ2v) is 3.53. The zero-order valence-electron chi connectivity index (χ0n) is 8.71. The summed E-state index contributed by atoms with van der Waals surface area (Å²) in [6.45, 7) is 0.0137. The molecule has 86 valence electrons. The van der Waals surface area contributed by atoms with Gasteiger partial charge in [0.05, 0.1) is 12.2 Å². The monoisotopic (exact) mass is 241 g/mol. The maximum Gasteiger partial charge on any atom is 0.239 e. The van der Waals surface area contributed by atoms with Crippen molar-refractivity contribution < 1.29 is 9.18 Å². The summed E-state index contributed by atoms with van der Waals surface area (Å²) in [5, 5.41) is 5.08. The number of anilines is 1. The number of rotatable bonds is 4. The molecule has 0 saturated heterocycles. The Labute approximate surface area is 98.0 Å². The summed E-state index contributed by atoms with van der Waals surface area (Å²) < 4.78 is 13.5. The summed E-state index contributed by atoms with van der Waals surface area (Å²) in [5.74, 6) is -0.716. The van der Waals surface area contributed by atoms with Crippen molar-refractivity contribution in [1.82, 2.24) is 5.32 Å². The van der Waals surface area contributed by atoms with Gasteiger partial charge in [0.15, 0.2) is 0 Å². The smallest absolute Gasteiger partial charge is 0.239 e. The SMILES string of the molecule is CNC(=O)CNc1ccc(C(N)=S)cc1F. The number of nitrogens with two attached hydrogens (primary N) is 1. The van der Waals surface area contributed by atoms with E-state index < -0.39 is 5.82 Å². The molecule has 0 saturated carbocycles. The summed E-state index contributed by atoms with van der Waals surface area (Å²) in [5.41, 5.74) is 6.05. The van der Waals surface area contributed by atoms with Crippen LogP contribution in [-0.4, -0.2) is 24.5 Å². The van der Waals surface area contributed by atoms with Crippen LogP contribution < -0.4 is 16.4 Å². The molecule has 1 rings (SSSR count). The fourth-order valence-corrected chi connectivity index (χ4v) is 1.20. The van der Waals surface area contributed by atoms with Crippen LogP contribution in [0.1, 0.15) is 5.56 Å². The minimum Gasteiger partial charge on any atom is -0.389 e. The molecular weight excluding hydrogens is 229 g/mol. The van der Waals surface area contributed by atoms with Crippen molar-refractivity contribution in [2.24, 2.45) is 5.73 Å². The van der Waals surface area contributed by atoms with Crippen molar-refractivity contribution in [2.75, 3.05) is 18.9 Å². The second-order valence-electron chi connectivity index (χ2n) is 3.09. The Morgan fingerprint density at radius 2 is 2.25 bits per heavy atom. The predicted octanol–water partition coefficient (Wildman–Crippen LogP) is 0.618. The van der Waals surface area contributed by atoms with Gasteiger partial charge in [0.25, 0.3) is 0 Å². The van der Waals surface area contributed by atoms with Gasteiger partial charge in [-0.3, -0.25) is 4.79 Å². The van der Waals surface area contributed by atoms with Crippen molar-refractivity contribution in [2.45, 2.75) is 0 Å². The van der Waals surface area contributed by atoms with Crippen LogP contribution in [0.3, 0.4) is 0 Å². The lowest BCUT2D eigenvalue weighted by atomic mass is 10.2. The van der Waals surface area contributed by atoms with Crippen molar-refractivity contribution in [3.05, 3.63) is 29.6 Å². The molecule has 1 amide bonds. The van der Waals surface area contributed by atoms with Gasteiger partial charge in [-0.25, -0.2) is 4.39 Å². The van der Waals surface area contributed by atoms with E-state index in [1.54, 1.807) is 6.07 Å². The zero-order chi connectivity index (χ0) is 12.1. The Morgan fingerprint density at radius 1 is 1.56 bits per heavy atom. The first-order chi connectivity index (χ1) is 7.54. The van der Waals surface area contributed by atoms with E-state index in [4.69, 9.17) is 18.0 Å². The Balaban J connectivity index is 2.75. The van der Waals surface area contributed by atoms with Crippen LogP contribution in [0.2, 0.25) is 0 Å². The van der Waals surface area contributed by atoms with E-state index in [2.05, 4.69) is 10.6 Å². The van der Waals surface area contributed by atoms with Crippen LogP contribution in [0.4, 0.5) is 10.1 Å². The number of likely N-dealkylation sites (N-methyl/N-ethyl adjacent to an activating group) is 1. The van der Waals surface area contributed by atoms with Crippen LogP contribution in [0.5, 0.6) is 0 Å². The van der Waals surface area contributed by atoms with Gasteiger partial charge in [-0.15, -0.1) is 0 Å². The minimum absolute atomic E-state index is 0.0137. The van der Waals surface area contributed by atoms with Crippen LogP contribution in [0.15, 0.2) is 18.2 Å². The van der Waals surface area contributed by atoms with E-state index >= 15 is 0 Å². The molecule has 0 radical (unpaired) electrons. The summed E-state index contributed by atoms with van der Waals surface area (Å²) in [6.07, 6.45) is 0. The van der Waals surface area contributed by atoms with Gasteiger partial charge in [-0.2, -0.15) is 0 Å². The first-order valence-electron chi connectivity index (χ1n) is 4.58. The Morgan fingerprint density at radius 3 is 2.75 bits per heavy atom. The number of amides is 1. The molecule has 4 nitrogen and oxygen atoms in total. The molecule has 4 N–H and O–H groups in total. The van der Waals surface area contributed by atoms with E-state index in [0.29, 0.717) is 5.56 Å². The number of halogens is 1. The van der Waals surface area contributed by atoms with E-state index in [1.165, 1.54) is 19.2 Å². The lowest BCUT2D eigenvalue weighted by Gasteiger charge is -2.07. The molecule has 0 aliphatic rings.